The normalized spacial score (nSPS) is 10.9. The second kappa shape index (κ2) is 6.83. The molecule has 0 amide bonds. The molecule has 0 aliphatic carbocycles. The van der Waals surface area contributed by atoms with Crippen LogP contribution < -0.4 is 0 Å². The molecular formula is C16H11N7O5. The third-order valence-electron chi connectivity index (χ3n) is 3.73. The molecule has 0 saturated carbocycles. The summed E-state index contributed by atoms with van der Waals surface area (Å²) in [5.41, 5.74) is 1.21. The molecule has 12 heteroatoms. The van der Waals surface area contributed by atoms with Gasteiger partial charge in [0.05, 0.1) is 4.92 Å². The first-order chi connectivity index (χ1) is 13.5. The molecule has 0 spiro atoms. The molecule has 0 unspecified atom stereocenters. The number of hydrogen-bond acceptors (Lipinski definition) is 10. The Morgan fingerprint density at radius 3 is 2.75 bits per heavy atom. The standard InChI is InChI=1S/C16H11N7O5/c1-9-6-7-17-16-18-13(21-22(9)16)15(24)27-8-12-19-20-14(28-12)10-2-4-11(5-3-10)23(25)26/h2-7H,8H2,1H3. The lowest BCUT2D eigenvalue weighted by Gasteiger charge is -1.97. The summed E-state index contributed by atoms with van der Waals surface area (Å²) in [6.45, 7) is 1.53. The van der Waals surface area contributed by atoms with E-state index < -0.39 is 10.9 Å². The molecule has 0 fully saturated rings. The van der Waals surface area contributed by atoms with Gasteiger partial charge in [0.15, 0.2) is 6.61 Å². The highest BCUT2D eigenvalue weighted by Gasteiger charge is 2.18. The van der Waals surface area contributed by atoms with Crippen LogP contribution in [0.1, 0.15) is 22.2 Å². The fourth-order valence-electron chi connectivity index (χ4n) is 2.34. The monoisotopic (exact) mass is 381 g/mol. The van der Waals surface area contributed by atoms with E-state index in [1.165, 1.54) is 28.8 Å². The summed E-state index contributed by atoms with van der Waals surface area (Å²) in [5.74, 6) is -0.423. The molecule has 4 aromatic rings. The van der Waals surface area contributed by atoms with E-state index in [1.807, 2.05) is 0 Å². The van der Waals surface area contributed by atoms with Gasteiger partial charge in [0.25, 0.3) is 23.2 Å². The van der Waals surface area contributed by atoms with Crippen molar-refractivity contribution in [3.63, 3.8) is 0 Å². The van der Waals surface area contributed by atoms with E-state index in [2.05, 4.69) is 25.3 Å². The van der Waals surface area contributed by atoms with Gasteiger partial charge >= 0.3 is 5.97 Å². The number of nitro groups is 1. The molecule has 3 aromatic heterocycles. The minimum atomic E-state index is -0.764. The van der Waals surface area contributed by atoms with Crippen molar-refractivity contribution in [2.24, 2.45) is 0 Å². The zero-order valence-electron chi connectivity index (χ0n) is 14.3. The molecule has 4 rings (SSSR count). The molecule has 12 nitrogen and oxygen atoms in total. The summed E-state index contributed by atoms with van der Waals surface area (Å²) >= 11 is 0. The number of nitro benzene ring substituents is 1. The molecule has 0 aliphatic heterocycles. The lowest BCUT2D eigenvalue weighted by molar-refractivity contribution is -0.384. The van der Waals surface area contributed by atoms with Crippen molar-refractivity contribution >= 4 is 17.4 Å². The molecular weight excluding hydrogens is 370 g/mol. The number of rotatable bonds is 5. The van der Waals surface area contributed by atoms with Crippen LogP contribution in [0.15, 0.2) is 40.9 Å². The SMILES string of the molecule is Cc1ccnc2nc(C(=O)OCc3nnc(-c4ccc([N+](=O)[O-])cc4)o3)nn12. The molecule has 0 radical (unpaired) electrons. The van der Waals surface area contributed by atoms with E-state index in [4.69, 9.17) is 9.15 Å². The van der Waals surface area contributed by atoms with Crippen LogP contribution in [-0.4, -0.2) is 40.7 Å². The van der Waals surface area contributed by atoms with Gasteiger partial charge in [0.2, 0.25) is 5.89 Å². The molecule has 0 atom stereocenters. The zero-order valence-corrected chi connectivity index (χ0v) is 14.3. The Morgan fingerprint density at radius 1 is 1.25 bits per heavy atom. The van der Waals surface area contributed by atoms with Crippen molar-refractivity contribution in [2.45, 2.75) is 13.5 Å². The number of hydrogen-bond donors (Lipinski definition) is 0. The van der Waals surface area contributed by atoms with Crippen LogP contribution in [0.2, 0.25) is 0 Å². The Balaban J connectivity index is 1.44. The Hall–Kier alpha value is -4.22. The molecule has 28 heavy (non-hydrogen) atoms. The fourth-order valence-corrected chi connectivity index (χ4v) is 2.34. The van der Waals surface area contributed by atoms with Gasteiger partial charge in [-0.1, -0.05) is 0 Å². The van der Waals surface area contributed by atoms with E-state index in [-0.39, 0.29) is 35.7 Å². The Kier molecular flexibility index (Phi) is 4.20. The number of benzene rings is 1. The van der Waals surface area contributed by atoms with Gasteiger partial charge in [-0.15, -0.1) is 15.3 Å². The zero-order chi connectivity index (χ0) is 19.7. The number of ether oxygens (including phenoxy) is 1. The maximum absolute atomic E-state index is 12.1. The molecule has 0 aliphatic rings. The van der Waals surface area contributed by atoms with Crippen LogP contribution in [0.4, 0.5) is 5.69 Å². The van der Waals surface area contributed by atoms with Crippen LogP contribution in [0.3, 0.4) is 0 Å². The first kappa shape index (κ1) is 17.2. The highest BCUT2D eigenvalue weighted by molar-refractivity contribution is 5.85. The van der Waals surface area contributed by atoms with Crippen LogP contribution in [0.25, 0.3) is 17.2 Å². The van der Waals surface area contributed by atoms with E-state index in [9.17, 15) is 14.9 Å². The van der Waals surface area contributed by atoms with Crippen molar-refractivity contribution in [1.29, 1.82) is 0 Å². The van der Waals surface area contributed by atoms with Crippen molar-refractivity contribution in [1.82, 2.24) is 29.8 Å². The average Bonchev–Trinajstić information content (AvgIpc) is 3.34. The summed E-state index contributed by atoms with van der Waals surface area (Å²) in [7, 11) is 0. The molecule has 3 heterocycles. The summed E-state index contributed by atoms with van der Waals surface area (Å²) in [4.78, 5) is 30.3. The third-order valence-corrected chi connectivity index (χ3v) is 3.73. The van der Waals surface area contributed by atoms with Gasteiger partial charge in [-0.3, -0.25) is 10.1 Å². The number of carbonyl (C=O) groups excluding carboxylic acids is 1. The average molecular weight is 381 g/mol. The first-order valence-corrected chi connectivity index (χ1v) is 7.94. The number of aromatic nitrogens is 6. The number of aryl methyl sites for hydroxylation is 1. The number of carbonyl (C=O) groups is 1. The Bertz CT molecular complexity index is 1180. The van der Waals surface area contributed by atoms with E-state index in [0.717, 1.165) is 5.69 Å². The van der Waals surface area contributed by atoms with Crippen LogP contribution in [-0.2, 0) is 11.3 Å². The maximum atomic E-state index is 12.1. The van der Waals surface area contributed by atoms with Gasteiger partial charge in [0.1, 0.15) is 0 Å². The van der Waals surface area contributed by atoms with Crippen molar-refractivity contribution in [2.75, 3.05) is 0 Å². The fraction of sp³-hybridized carbons (Fsp3) is 0.125. The minimum absolute atomic E-state index is 0.0536. The first-order valence-electron chi connectivity index (χ1n) is 7.94. The maximum Gasteiger partial charge on any atom is 0.378 e. The summed E-state index contributed by atoms with van der Waals surface area (Å²) in [5, 5.41) is 22.4. The second-order valence-electron chi connectivity index (χ2n) is 5.61. The van der Waals surface area contributed by atoms with Crippen LogP contribution in [0.5, 0.6) is 0 Å². The van der Waals surface area contributed by atoms with Crippen LogP contribution >= 0.6 is 0 Å². The predicted octanol–water partition coefficient (Wildman–Crippen LogP) is 1.75. The second-order valence-corrected chi connectivity index (χ2v) is 5.61. The predicted molar refractivity (Wildman–Crippen MR) is 91.0 cm³/mol. The van der Waals surface area contributed by atoms with Gasteiger partial charge in [-0.25, -0.2) is 14.3 Å². The number of non-ortho nitro benzene ring substituents is 1. The highest BCUT2D eigenvalue weighted by atomic mass is 16.6. The van der Waals surface area contributed by atoms with Crippen molar-refractivity contribution in [3.05, 3.63) is 64.1 Å². The topological polar surface area (TPSA) is 151 Å². The molecule has 0 saturated heterocycles. The third kappa shape index (κ3) is 3.25. The van der Waals surface area contributed by atoms with E-state index in [1.54, 1.807) is 19.2 Å². The van der Waals surface area contributed by atoms with Gasteiger partial charge in [-0.05, 0) is 25.1 Å². The molecule has 0 bridgehead atoms. The van der Waals surface area contributed by atoms with Gasteiger partial charge in [0, 0.05) is 29.6 Å². The quantitative estimate of drug-likeness (QED) is 0.284. The summed E-state index contributed by atoms with van der Waals surface area (Å²) in [6, 6.07) is 7.35. The van der Waals surface area contributed by atoms with E-state index >= 15 is 0 Å². The summed E-state index contributed by atoms with van der Waals surface area (Å²) < 4.78 is 11.9. The van der Waals surface area contributed by atoms with Gasteiger partial charge in [-0.2, -0.15) is 4.98 Å². The van der Waals surface area contributed by atoms with Crippen molar-refractivity contribution < 1.29 is 18.9 Å². The lowest BCUT2D eigenvalue weighted by Crippen LogP contribution is -2.08. The number of esters is 1. The highest BCUT2D eigenvalue weighted by Crippen LogP contribution is 2.21. The van der Waals surface area contributed by atoms with Crippen LogP contribution in [0, 0.1) is 17.0 Å². The Morgan fingerprint density at radius 2 is 2.04 bits per heavy atom. The smallest absolute Gasteiger partial charge is 0.378 e. The van der Waals surface area contributed by atoms with E-state index in [0.29, 0.717) is 5.56 Å². The largest absolute Gasteiger partial charge is 0.450 e. The minimum Gasteiger partial charge on any atom is -0.450 e. The number of nitrogens with zero attached hydrogens (tertiary/aromatic N) is 7. The summed E-state index contributed by atoms with van der Waals surface area (Å²) in [6.07, 6.45) is 1.56. The van der Waals surface area contributed by atoms with Gasteiger partial charge < -0.3 is 9.15 Å². The molecule has 0 N–H and O–H groups in total. The number of fused-ring (bicyclic) bond motifs is 1. The molecule has 1 aromatic carbocycles. The lowest BCUT2D eigenvalue weighted by atomic mass is 10.2. The van der Waals surface area contributed by atoms with Crippen molar-refractivity contribution in [3.8, 4) is 11.5 Å². The molecule has 140 valence electrons. The Labute approximate surface area is 156 Å².